The molecule has 0 aliphatic carbocycles. The van der Waals surface area contributed by atoms with E-state index in [1.165, 1.54) is 17.7 Å². The number of oxazole rings is 1. The zero-order chi connectivity index (χ0) is 20.5. The van der Waals surface area contributed by atoms with Crippen molar-refractivity contribution < 1.29 is 23.2 Å². The summed E-state index contributed by atoms with van der Waals surface area (Å²) >= 11 is 0. The Kier molecular flexibility index (Phi) is 4.55. The lowest BCUT2D eigenvalue weighted by Crippen LogP contribution is -2.12. The number of fused-ring (bicyclic) bond motifs is 1. The van der Waals surface area contributed by atoms with Gasteiger partial charge in [-0.1, -0.05) is 5.16 Å². The first-order chi connectivity index (χ1) is 14.0. The van der Waals surface area contributed by atoms with Crippen molar-refractivity contribution in [3.8, 4) is 22.8 Å². The fraction of sp³-hybridized carbons (Fsp3) is 0.150. The van der Waals surface area contributed by atoms with Crippen LogP contribution in [0.2, 0.25) is 0 Å². The van der Waals surface area contributed by atoms with Gasteiger partial charge in [0.25, 0.3) is 5.91 Å². The second kappa shape index (κ2) is 7.19. The van der Waals surface area contributed by atoms with Crippen LogP contribution in [0.1, 0.15) is 10.5 Å². The molecule has 0 fully saturated rings. The zero-order valence-electron chi connectivity index (χ0n) is 15.9. The predicted molar refractivity (Wildman–Crippen MR) is 104 cm³/mol. The SMILES string of the molecule is COc1ccc(OC)c(-c2cc(C(=O)Nc3ccc4c(c3)oc(=O)n4C)no2)c1. The van der Waals surface area contributed by atoms with Gasteiger partial charge in [-0.05, 0) is 30.3 Å². The first-order valence-electron chi connectivity index (χ1n) is 8.60. The molecule has 0 aliphatic heterocycles. The third-order valence-electron chi connectivity index (χ3n) is 4.47. The van der Waals surface area contributed by atoms with Gasteiger partial charge in [0.15, 0.2) is 17.0 Å². The topological polar surface area (TPSA) is 109 Å². The molecule has 0 spiro atoms. The van der Waals surface area contributed by atoms with Crippen LogP contribution in [0.5, 0.6) is 11.5 Å². The van der Waals surface area contributed by atoms with Crippen molar-refractivity contribution in [3.05, 3.63) is 58.7 Å². The van der Waals surface area contributed by atoms with Crippen LogP contribution in [0.25, 0.3) is 22.4 Å². The monoisotopic (exact) mass is 395 g/mol. The Balaban J connectivity index is 1.60. The van der Waals surface area contributed by atoms with Gasteiger partial charge in [0.1, 0.15) is 11.5 Å². The summed E-state index contributed by atoms with van der Waals surface area (Å²) in [6, 6.07) is 11.6. The average Bonchev–Trinajstić information content (AvgIpc) is 3.33. The van der Waals surface area contributed by atoms with Crippen LogP contribution in [-0.4, -0.2) is 29.9 Å². The quantitative estimate of drug-likeness (QED) is 0.553. The molecule has 0 atom stereocenters. The van der Waals surface area contributed by atoms with E-state index >= 15 is 0 Å². The van der Waals surface area contributed by atoms with Gasteiger partial charge in [-0.3, -0.25) is 9.36 Å². The van der Waals surface area contributed by atoms with Crippen molar-refractivity contribution in [2.24, 2.45) is 7.05 Å². The molecule has 1 amide bonds. The number of aromatic nitrogens is 2. The van der Waals surface area contributed by atoms with Gasteiger partial charge in [-0.2, -0.15) is 0 Å². The number of carbonyl (C=O) groups excluding carboxylic acids is 1. The van der Waals surface area contributed by atoms with Crippen LogP contribution in [0.3, 0.4) is 0 Å². The number of nitrogens with zero attached hydrogens (tertiary/aromatic N) is 2. The molecule has 0 bridgehead atoms. The number of aryl methyl sites for hydroxylation is 1. The van der Waals surface area contributed by atoms with E-state index in [2.05, 4.69) is 10.5 Å². The van der Waals surface area contributed by atoms with E-state index in [0.717, 1.165) is 0 Å². The minimum Gasteiger partial charge on any atom is -0.497 e. The minimum absolute atomic E-state index is 0.0829. The maximum atomic E-state index is 12.6. The van der Waals surface area contributed by atoms with E-state index in [0.29, 0.717) is 39.6 Å². The van der Waals surface area contributed by atoms with Crippen LogP contribution in [0.15, 0.2) is 56.2 Å². The number of anilines is 1. The van der Waals surface area contributed by atoms with Crippen LogP contribution in [0.4, 0.5) is 5.69 Å². The summed E-state index contributed by atoms with van der Waals surface area (Å²) in [6.45, 7) is 0. The summed E-state index contributed by atoms with van der Waals surface area (Å²) in [4.78, 5) is 24.2. The number of carbonyl (C=O) groups is 1. The van der Waals surface area contributed by atoms with Crippen molar-refractivity contribution >= 4 is 22.7 Å². The average molecular weight is 395 g/mol. The molecule has 148 valence electrons. The van der Waals surface area contributed by atoms with Gasteiger partial charge < -0.3 is 23.7 Å². The van der Waals surface area contributed by atoms with E-state index in [9.17, 15) is 9.59 Å². The minimum atomic E-state index is -0.475. The first-order valence-corrected chi connectivity index (χ1v) is 8.60. The van der Waals surface area contributed by atoms with Crippen molar-refractivity contribution in [2.45, 2.75) is 0 Å². The van der Waals surface area contributed by atoms with Crippen molar-refractivity contribution in [3.63, 3.8) is 0 Å². The summed E-state index contributed by atoms with van der Waals surface area (Å²) in [5.41, 5.74) is 2.14. The smallest absolute Gasteiger partial charge is 0.419 e. The molecule has 2 aromatic heterocycles. The first kappa shape index (κ1) is 18.4. The highest BCUT2D eigenvalue weighted by Gasteiger charge is 2.18. The largest absolute Gasteiger partial charge is 0.497 e. The number of hydrogen-bond acceptors (Lipinski definition) is 7. The molecule has 4 rings (SSSR count). The molecule has 29 heavy (non-hydrogen) atoms. The predicted octanol–water partition coefficient (Wildman–Crippen LogP) is 3.06. The summed E-state index contributed by atoms with van der Waals surface area (Å²) in [7, 11) is 4.69. The Morgan fingerprint density at radius 2 is 1.93 bits per heavy atom. The molecule has 0 aliphatic rings. The molecule has 1 N–H and O–H groups in total. The van der Waals surface area contributed by atoms with Crippen LogP contribution in [0, 0.1) is 0 Å². The second-order valence-corrected chi connectivity index (χ2v) is 6.21. The van der Waals surface area contributed by atoms with Crippen molar-refractivity contribution in [1.82, 2.24) is 9.72 Å². The number of methoxy groups -OCH3 is 2. The number of ether oxygens (including phenoxy) is 2. The van der Waals surface area contributed by atoms with Crippen molar-refractivity contribution in [1.29, 1.82) is 0 Å². The number of amides is 1. The normalized spacial score (nSPS) is 10.9. The van der Waals surface area contributed by atoms with E-state index in [4.69, 9.17) is 18.4 Å². The molecular formula is C20H17N3O6. The lowest BCUT2D eigenvalue weighted by molar-refractivity contribution is 0.101. The molecule has 2 heterocycles. The third kappa shape index (κ3) is 3.33. The Morgan fingerprint density at radius 1 is 1.10 bits per heavy atom. The van der Waals surface area contributed by atoms with Crippen LogP contribution in [-0.2, 0) is 7.05 Å². The lowest BCUT2D eigenvalue weighted by Gasteiger charge is -2.07. The summed E-state index contributed by atoms with van der Waals surface area (Å²) < 4.78 is 22.4. The zero-order valence-corrected chi connectivity index (χ0v) is 15.9. The number of hydrogen-bond donors (Lipinski definition) is 1. The molecule has 0 saturated heterocycles. The molecule has 9 heteroatoms. The Labute approximate surface area is 164 Å². The summed E-state index contributed by atoms with van der Waals surface area (Å²) in [5, 5.41) is 6.55. The van der Waals surface area contributed by atoms with E-state index < -0.39 is 11.7 Å². The van der Waals surface area contributed by atoms with E-state index in [1.807, 2.05) is 0 Å². The number of nitrogens with one attached hydrogen (secondary N) is 1. The van der Waals surface area contributed by atoms with Gasteiger partial charge in [-0.15, -0.1) is 0 Å². The lowest BCUT2D eigenvalue weighted by atomic mass is 10.1. The standard InChI is InChI=1S/C20H17N3O6/c1-23-15-6-4-11(8-18(15)28-20(23)25)21-19(24)14-10-17(29-22-14)13-9-12(26-2)5-7-16(13)27-3/h4-10H,1-3H3,(H,21,24). The Morgan fingerprint density at radius 3 is 2.69 bits per heavy atom. The van der Waals surface area contributed by atoms with Crippen LogP contribution < -0.4 is 20.5 Å². The Hall–Kier alpha value is -4.01. The molecule has 2 aromatic carbocycles. The second-order valence-electron chi connectivity index (χ2n) is 6.21. The highest BCUT2D eigenvalue weighted by molar-refractivity contribution is 6.04. The molecule has 4 aromatic rings. The van der Waals surface area contributed by atoms with Gasteiger partial charge in [0, 0.05) is 24.9 Å². The molecule has 0 unspecified atom stereocenters. The summed E-state index contributed by atoms with van der Waals surface area (Å²) in [5.74, 6) is 0.575. The van der Waals surface area contributed by atoms with Crippen molar-refractivity contribution in [2.75, 3.05) is 19.5 Å². The Bertz CT molecular complexity index is 1270. The molecule has 0 saturated carbocycles. The maximum absolute atomic E-state index is 12.6. The number of benzene rings is 2. The molecule has 0 radical (unpaired) electrons. The highest BCUT2D eigenvalue weighted by Crippen LogP contribution is 2.33. The van der Waals surface area contributed by atoms with Gasteiger partial charge in [0.2, 0.25) is 0 Å². The fourth-order valence-corrected chi connectivity index (χ4v) is 2.92. The molecular weight excluding hydrogens is 378 g/mol. The van der Waals surface area contributed by atoms with Gasteiger partial charge in [-0.25, -0.2) is 4.79 Å². The van der Waals surface area contributed by atoms with Gasteiger partial charge in [0.05, 0.1) is 25.3 Å². The maximum Gasteiger partial charge on any atom is 0.419 e. The van der Waals surface area contributed by atoms with Crippen LogP contribution >= 0.6 is 0 Å². The molecule has 9 nitrogen and oxygen atoms in total. The summed E-state index contributed by atoms with van der Waals surface area (Å²) in [6.07, 6.45) is 0. The number of rotatable bonds is 5. The van der Waals surface area contributed by atoms with E-state index in [-0.39, 0.29) is 5.69 Å². The van der Waals surface area contributed by atoms with Gasteiger partial charge >= 0.3 is 5.76 Å². The third-order valence-corrected chi connectivity index (χ3v) is 4.47. The highest BCUT2D eigenvalue weighted by atomic mass is 16.5. The van der Waals surface area contributed by atoms with E-state index in [1.54, 1.807) is 50.6 Å². The fourth-order valence-electron chi connectivity index (χ4n) is 2.92.